The van der Waals surface area contributed by atoms with Gasteiger partial charge in [-0.1, -0.05) is 23.9 Å². The van der Waals surface area contributed by atoms with Crippen molar-refractivity contribution < 1.29 is 33.7 Å². The minimum atomic E-state index is -1.52. The van der Waals surface area contributed by atoms with Gasteiger partial charge in [0.05, 0.1) is 17.2 Å². The first-order chi connectivity index (χ1) is 18.7. The number of primary amides is 1. The average molecular weight is 571 g/mol. The van der Waals surface area contributed by atoms with Crippen molar-refractivity contribution in [2.24, 2.45) is 10.9 Å². The molecule has 4 rings (SSSR count). The molecule has 0 aliphatic carbocycles. The fourth-order valence-corrected chi connectivity index (χ4v) is 5.45. The van der Waals surface area contributed by atoms with Crippen LogP contribution in [0.5, 0.6) is 0 Å². The number of carbonyl (C=O) groups excluding carboxylic acids is 4. The van der Waals surface area contributed by atoms with E-state index in [-0.39, 0.29) is 34.7 Å². The molecule has 4 heterocycles. The number of oxime groups is 1. The van der Waals surface area contributed by atoms with Gasteiger partial charge in [0.15, 0.2) is 24.1 Å². The van der Waals surface area contributed by atoms with Crippen LogP contribution in [0.25, 0.3) is 0 Å². The van der Waals surface area contributed by atoms with Crippen molar-refractivity contribution in [1.82, 2.24) is 19.6 Å². The molecule has 0 radical (unpaired) electrons. The number of fused-ring (bicyclic) bond motifs is 1. The molecule has 1 fully saturated rings. The summed E-state index contributed by atoms with van der Waals surface area (Å²) < 4.78 is 5.71. The Balaban J connectivity index is 1.47. The van der Waals surface area contributed by atoms with E-state index in [1.165, 1.54) is 17.8 Å². The summed E-state index contributed by atoms with van der Waals surface area (Å²) in [5.41, 5.74) is 11.0. The zero-order valence-corrected chi connectivity index (χ0v) is 21.8. The Hall–Kier alpha value is -4.57. The molecule has 3 amide bonds. The van der Waals surface area contributed by atoms with Gasteiger partial charge in [0.25, 0.3) is 11.8 Å². The summed E-state index contributed by atoms with van der Waals surface area (Å²) in [5, 5.41) is 17.7. The molecule has 14 nitrogen and oxygen atoms in total. The summed E-state index contributed by atoms with van der Waals surface area (Å²) in [4.78, 5) is 59.2. The number of hydrogen-bond donors (Lipinski definition) is 3. The molecule has 1 saturated heterocycles. The molecule has 0 saturated carbocycles. The maximum absolute atomic E-state index is 13.0. The van der Waals surface area contributed by atoms with E-state index in [1.54, 1.807) is 41.2 Å². The molecular weight excluding hydrogens is 548 g/mol. The zero-order chi connectivity index (χ0) is 28.1. The second-order valence-corrected chi connectivity index (χ2v) is 9.94. The molecule has 39 heavy (non-hydrogen) atoms. The highest BCUT2D eigenvalue weighted by Crippen LogP contribution is 2.40. The number of carboxylic acid groups (broad SMARTS) is 1. The number of aliphatic carboxylic acids is 1. The van der Waals surface area contributed by atoms with Gasteiger partial charge in [0, 0.05) is 29.4 Å². The van der Waals surface area contributed by atoms with Gasteiger partial charge >= 0.3 is 0 Å². The van der Waals surface area contributed by atoms with Gasteiger partial charge in [0.1, 0.15) is 18.0 Å². The number of amides is 3. The van der Waals surface area contributed by atoms with E-state index in [1.807, 2.05) is 0 Å². The summed E-state index contributed by atoms with van der Waals surface area (Å²) >= 11 is 2.13. The normalized spacial score (nSPS) is 18.9. The first-order valence-corrected chi connectivity index (χ1v) is 13.1. The number of carboxylic acids is 1. The van der Waals surface area contributed by atoms with Crippen molar-refractivity contribution in [3.05, 3.63) is 72.0 Å². The topological polar surface area (TPSA) is 210 Å². The van der Waals surface area contributed by atoms with Gasteiger partial charge in [-0.05, 0) is 11.6 Å². The van der Waals surface area contributed by atoms with Gasteiger partial charge in [0.2, 0.25) is 17.4 Å². The van der Waals surface area contributed by atoms with E-state index < -0.39 is 35.1 Å². The lowest BCUT2D eigenvalue weighted by Gasteiger charge is -2.50. The summed E-state index contributed by atoms with van der Waals surface area (Å²) in [6, 6.07) is 2.11. The number of aromatic nitrogens is 3. The molecule has 16 heteroatoms. The molecule has 2 aliphatic heterocycles. The number of nitrogens with zero attached hydrogens (tertiary/aromatic N) is 5. The number of pyridine rings is 1. The maximum atomic E-state index is 13.0. The third-order valence-corrected chi connectivity index (χ3v) is 7.35. The fourth-order valence-electron chi connectivity index (χ4n) is 3.70. The minimum absolute atomic E-state index is 0.0122. The number of nitrogen functional groups attached to an aromatic ring is 1. The highest BCUT2D eigenvalue weighted by atomic mass is 32.2. The van der Waals surface area contributed by atoms with Crippen LogP contribution in [0.15, 0.2) is 65.8 Å². The van der Waals surface area contributed by atoms with Crippen LogP contribution in [-0.4, -0.2) is 67.4 Å². The average Bonchev–Trinajstić information content (AvgIpc) is 3.35. The molecule has 2 aromatic rings. The quantitative estimate of drug-likeness (QED) is 0.0680. The van der Waals surface area contributed by atoms with Gasteiger partial charge < -0.3 is 31.5 Å². The van der Waals surface area contributed by atoms with Crippen LogP contribution in [-0.2, 0) is 25.8 Å². The summed E-state index contributed by atoms with van der Waals surface area (Å²) in [5.74, 6) is -3.31. The Morgan fingerprint density at radius 1 is 1.36 bits per heavy atom. The van der Waals surface area contributed by atoms with Gasteiger partial charge in [-0.3, -0.25) is 19.3 Å². The molecule has 0 bridgehead atoms. The highest BCUT2D eigenvalue weighted by molar-refractivity contribution is 8.00. The number of thioether (sulfide) groups is 1. The van der Waals surface area contributed by atoms with E-state index in [2.05, 4.69) is 26.4 Å². The van der Waals surface area contributed by atoms with E-state index in [0.29, 0.717) is 17.7 Å². The zero-order valence-electron chi connectivity index (χ0n) is 20.2. The molecule has 0 aromatic carbocycles. The minimum Gasteiger partial charge on any atom is -0.543 e. The van der Waals surface area contributed by atoms with Gasteiger partial charge in [-0.2, -0.15) is 9.36 Å². The van der Waals surface area contributed by atoms with Crippen molar-refractivity contribution in [2.75, 3.05) is 18.1 Å². The lowest BCUT2D eigenvalue weighted by Crippen LogP contribution is -2.71. The van der Waals surface area contributed by atoms with E-state index in [0.717, 1.165) is 16.4 Å². The van der Waals surface area contributed by atoms with E-state index >= 15 is 0 Å². The lowest BCUT2D eigenvalue weighted by atomic mass is 10.0. The molecule has 2 atom stereocenters. The molecule has 2 aromatic heterocycles. The number of carbonyl (C=O) groups is 4. The van der Waals surface area contributed by atoms with Crippen LogP contribution < -0.4 is 26.5 Å². The molecular formula is C23H22N8O6S2. The number of hydrogen-bond acceptors (Lipinski definition) is 12. The lowest BCUT2D eigenvalue weighted by molar-refractivity contribution is -0.687. The Morgan fingerprint density at radius 3 is 2.72 bits per heavy atom. The van der Waals surface area contributed by atoms with E-state index in [4.69, 9.17) is 16.3 Å². The number of allylic oxidation sites excluding steroid dienone is 2. The Bertz CT molecular complexity index is 1420. The number of nitrogens with one attached hydrogen (secondary N) is 1. The summed E-state index contributed by atoms with van der Waals surface area (Å²) in [6.07, 6.45) is 8.05. The molecule has 202 valence electrons. The van der Waals surface area contributed by atoms with Crippen molar-refractivity contribution in [1.29, 1.82) is 0 Å². The summed E-state index contributed by atoms with van der Waals surface area (Å²) in [7, 11) is 0. The highest BCUT2D eigenvalue weighted by Gasteiger charge is 2.53. The predicted octanol–water partition coefficient (Wildman–Crippen LogP) is -1.93. The molecule has 5 N–H and O–H groups in total. The first-order valence-electron chi connectivity index (χ1n) is 11.3. The number of β-lactam (4-membered cyclic amide) rings is 1. The van der Waals surface area contributed by atoms with Crippen molar-refractivity contribution >= 4 is 57.8 Å². The first kappa shape index (κ1) is 27.5. The maximum Gasteiger partial charge on any atom is 0.278 e. The van der Waals surface area contributed by atoms with Crippen LogP contribution in [0.4, 0.5) is 5.13 Å². The number of nitrogens with two attached hydrogens (primary N) is 2. The second kappa shape index (κ2) is 11.9. The van der Waals surface area contributed by atoms with Crippen molar-refractivity contribution in [3.63, 3.8) is 0 Å². The molecule has 0 spiro atoms. The third-order valence-electron chi connectivity index (χ3n) is 5.51. The molecule has 2 aliphatic rings. The standard InChI is InChI=1S/C23H22N8O6S2/c1-2-10-37-28-14(18-27-23(25)39-29-18)19(33)26-15-20(34)31-16(22(35)36)13(11-38-21(15)31)4-3-7-30-8-5-12(6-9-30)17(24)32/h2-6,8-9,15,21H,1,7,10-11H2,(H5-,24,25,26,27,29,32,33,35,36)/t15?,21-/m1/s1. The predicted molar refractivity (Wildman–Crippen MR) is 138 cm³/mol. The number of rotatable bonds is 11. The van der Waals surface area contributed by atoms with Crippen LogP contribution >= 0.6 is 23.3 Å². The SMILES string of the molecule is C=CCON=C(C(=O)NC1C(=O)N2C(C(=O)[O-])=C(C=CC[n+]3ccc(C(N)=O)cc3)CS[C@H]12)c1nsc(N)n1. The van der Waals surface area contributed by atoms with Crippen molar-refractivity contribution in [2.45, 2.75) is 18.0 Å². The smallest absolute Gasteiger partial charge is 0.278 e. The van der Waals surface area contributed by atoms with Gasteiger partial charge in [-0.15, -0.1) is 11.8 Å². The monoisotopic (exact) mass is 570 g/mol. The van der Waals surface area contributed by atoms with Crippen LogP contribution in [0.1, 0.15) is 16.2 Å². The Morgan fingerprint density at radius 2 is 2.10 bits per heavy atom. The fraction of sp³-hybridized carbons (Fsp3) is 0.217. The summed E-state index contributed by atoms with van der Waals surface area (Å²) in [6.45, 7) is 3.88. The van der Waals surface area contributed by atoms with E-state index in [9.17, 15) is 24.3 Å². The Kier molecular flexibility index (Phi) is 8.36. The van der Waals surface area contributed by atoms with Crippen LogP contribution in [0, 0.1) is 0 Å². The largest absolute Gasteiger partial charge is 0.543 e. The van der Waals surface area contributed by atoms with Crippen LogP contribution in [0.2, 0.25) is 0 Å². The van der Waals surface area contributed by atoms with Gasteiger partial charge in [-0.25, -0.2) is 4.57 Å². The van der Waals surface area contributed by atoms with Crippen LogP contribution in [0.3, 0.4) is 0 Å². The van der Waals surface area contributed by atoms with Crippen molar-refractivity contribution in [3.8, 4) is 0 Å². The Labute approximate surface area is 229 Å². The number of anilines is 1. The second-order valence-electron chi connectivity index (χ2n) is 8.05. The third kappa shape index (κ3) is 5.96. The molecule has 1 unspecified atom stereocenters.